The number of aliphatic carboxylic acids is 2. The maximum atomic E-state index is 14.2. The molecule has 0 unspecified atom stereocenters. The van der Waals surface area contributed by atoms with Crippen molar-refractivity contribution in [2.24, 2.45) is 100 Å². The van der Waals surface area contributed by atoms with Gasteiger partial charge in [-0.05, 0) is 202 Å². The molecule has 0 radical (unpaired) electrons. The molecule has 0 aromatic rings. The molecule has 10 aliphatic rings. The number of allylic oxidation sites excluding steroid dienone is 6. The van der Waals surface area contributed by atoms with Crippen LogP contribution in [0.1, 0.15) is 200 Å². The SMILES string of the molecule is CC1(C)C(=O)C=C[C@]2(C)[C@H]3C(=O)C=C4[C@@H]5C[C@@](C)(C(=O)O)CC[C@]5(C)CC[C@@]4(C)[C@]3(C)CC[C@@H]12.CC1(C)[C@@H](O)CC[C@]2(C)[C@H]3C(=O)C=C4[C@@H]5C[C@@](C)(C(=O)O)CC[C@]5(C)CC[C@@]4(C)[C@]3(C)CC[C@@H]12. The van der Waals surface area contributed by atoms with Crippen molar-refractivity contribution in [2.45, 2.75) is 206 Å². The van der Waals surface area contributed by atoms with E-state index in [-0.39, 0.29) is 102 Å². The molecule has 0 aromatic carbocycles. The Morgan fingerprint density at radius 2 is 0.956 bits per heavy atom. The first-order valence-electron chi connectivity index (χ1n) is 27.0. The van der Waals surface area contributed by atoms with Crippen molar-refractivity contribution in [3.8, 4) is 0 Å². The fourth-order valence-corrected chi connectivity index (χ4v) is 20.0. The number of ketones is 3. The molecule has 0 amide bonds. The van der Waals surface area contributed by atoms with E-state index >= 15 is 0 Å². The molecule has 10 aliphatic carbocycles. The molecule has 10 rings (SSSR count). The van der Waals surface area contributed by atoms with E-state index in [0.29, 0.717) is 25.2 Å². The van der Waals surface area contributed by atoms with E-state index in [1.807, 2.05) is 26.0 Å². The molecule has 68 heavy (non-hydrogen) atoms. The summed E-state index contributed by atoms with van der Waals surface area (Å²) in [6.45, 7) is 31.1. The van der Waals surface area contributed by atoms with Crippen LogP contribution in [-0.2, 0) is 24.0 Å². The van der Waals surface area contributed by atoms with E-state index < -0.39 is 28.2 Å². The Labute approximate surface area is 408 Å². The number of carboxylic acid groups (broad SMARTS) is 2. The van der Waals surface area contributed by atoms with Crippen molar-refractivity contribution in [1.82, 2.24) is 0 Å². The molecule has 0 aliphatic heterocycles. The highest BCUT2D eigenvalue weighted by molar-refractivity contribution is 5.99. The van der Waals surface area contributed by atoms with Crippen molar-refractivity contribution in [3.05, 3.63) is 35.5 Å². The standard InChI is InChI=1S/C30H46O4.C30H42O4/c2*1-25(2)21-8-11-30(7)23(28(21,5)10-9-22(25)32)20(31)16-18-19-17-27(4,24(33)34)13-12-26(19,3)14-15-29(18,30)6/h16,19,21-23,32H,8-15,17H2,1-7H3,(H,33,34);9-10,16,19,21,23H,8,11-15,17H2,1-7H3,(H,33,34)/t19-,21-,22-,23+,26+,27-,28-,29+,30+;19-,21-,23+,26+,27-,28-,29+,30+/m00/s1. The fourth-order valence-electron chi connectivity index (χ4n) is 20.0. The lowest BCUT2D eigenvalue weighted by molar-refractivity contribution is -0.202. The molecular formula is C60H88O8. The fraction of sp³-hybridized carbons (Fsp3) is 0.817. The van der Waals surface area contributed by atoms with Gasteiger partial charge in [0.2, 0.25) is 0 Å². The molecule has 8 heteroatoms. The zero-order valence-corrected chi connectivity index (χ0v) is 44.5. The third-order valence-corrected chi connectivity index (χ3v) is 25.4. The molecule has 7 saturated carbocycles. The Balaban J connectivity index is 0.000000170. The summed E-state index contributed by atoms with van der Waals surface area (Å²) in [5.74, 6) is -0.150. The minimum absolute atomic E-state index is 0.0296. The number of carbonyl (C=O) groups is 5. The number of rotatable bonds is 2. The van der Waals surface area contributed by atoms with Crippen molar-refractivity contribution >= 4 is 29.3 Å². The molecule has 3 N–H and O–H groups in total. The van der Waals surface area contributed by atoms with E-state index in [9.17, 15) is 39.3 Å². The second-order valence-corrected chi connectivity index (χ2v) is 29.3. The van der Waals surface area contributed by atoms with Gasteiger partial charge in [0, 0.05) is 22.7 Å². The number of aliphatic hydroxyl groups excluding tert-OH is 1. The summed E-state index contributed by atoms with van der Waals surface area (Å²) in [5.41, 5.74) is -0.465. The Kier molecular flexibility index (Phi) is 10.9. The molecule has 0 saturated heterocycles. The predicted molar refractivity (Wildman–Crippen MR) is 265 cm³/mol. The van der Waals surface area contributed by atoms with Crippen LogP contribution >= 0.6 is 0 Å². The maximum absolute atomic E-state index is 14.2. The van der Waals surface area contributed by atoms with E-state index in [4.69, 9.17) is 0 Å². The Morgan fingerprint density at radius 1 is 0.529 bits per heavy atom. The highest BCUT2D eigenvalue weighted by Crippen LogP contribution is 2.77. The molecule has 0 spiro atoms. The topological polar surface area (TPSA) is 146 Å². The summed E-state index contributed by atoms with van der Waals surface area (Å²) in [5, 5.41) is 30.9. The summed E-state index contributed by atoms with van der Waals surface area (Å²) in [4.78, 5) is 65.6. The summed E-state index contributed by atoms with van der Waals surface area (Å²) >= 11 is 0. The largest absolute Gasteiger partial charge is 0.481 e. The third kappa shape index (κ3) is 6.27. The van der Waals surface area contributed by atoms with Crippen LogP contribution in [-0.4, -0.2) is 50.7 Å². The molecule has 0 aromatic heterocycles. The first kappa shape index (κ1) is 50.1. The van der Waals surface area contributed by atoms with Crippen LogP contribution in [0.2, 0.25) is 0 Å². The number of hydrogen-bond acceptors (Lipinski definition) is 6. The highest BCUT2D eigenvalue weighted by Gasteiger charge is 2.72. The number of fused-ring (bicyclic) bond motifs is 14. The quantitative estimate of drug-likeness (QED) is 0.248. The van der Waals surface area contributed by atoms with Crippen LogP contribution in [0.25, 0.3) is 0 Å². The number of carbonyl (C=O) groups excluding carboxylic acids is 3. The molecule has 8 nitrogen and oxygen atoms in total. The van der Waals surface area contributed by atoms with Gasteiger partial charge < -0.3 is 15.3 Å². The average Bonchev–Trinajstić information content (AvgIpc) is 3.24. The van der Waals surface area contributed by atoms with Gasteiger partial charge in [0.05, 0.1) is 16.9 Å². The van der Waals surface area contributed by atoms with E-state index in [1.54, 1.807) is 6.08 Å². The van der Waals surface area contributed by atoms with Gasteiger partial charge in [0.25, 0.3) is 0 Å². The monoisotopic (exact) mass is 937 g/mol. The smallest absolute Gasteiger partial charge is 0.309 e. The van der Waals surface area contributed by atoms with Gasteiger partial charge in [-0.3, -0.25) is 24.0 Å². The average molecular weight is 937 g/mol. The van der Waals surface area contributed by atoms with Crippen LogP contribution in [0.5, 0.6) is 0 Å². The van der Waals surface area contributed by atoms with Gasteiger partial charge in [-0.15, -0.1) is 0 Å². The lowest BCUT2D eigenvalue weighted by Gasteiger charge is -2.70. The second kappa shape index (κ2) is 14.9. The minimum Gasteiger partial charge on any atom is -0.481 e. The van der Waals surface area contributed by atoms with Crippen molar-refractivity contribution in [3.63, 3.8) is 0 Å². The van der Waals surface area contributed by atoms with Crippen molar-refractivity contribution in [1.29, 1.82) is 0 Å². The Bertz CT molecular complexity index is 2330. The van der Waals surface area contributed by atoms with Gasteiger partial charge >= 0.3 is 11.9 Å². The molecule has 376 valence electrons. The van der Waals surface area contributed by atoms with Crippen LogP contribution in [0.4, 0.5) is 0 Å². The summed E-state index contributed by atoms with van der Waals surface area (Å²) in [7, 11) is 0. The van der Waals surface area contributed by atoms with Gasteiger partial charge in [0.1, 0.15) is 0 Å². The zero-order valence-electron chi connectivity index (χ0n) is 44.5. The lowest BCUT2D eigenvalue weighted by Crippen LogP contribution is -2.66. The van der Waals surface area contributed by atoms with Gasteiger partial charge in [-0.2, -0.15) is 0 Å². The van der Waals surface area contributed by atoms with E-state index in [0.717, 1.165) is 83.5 Å². The zero-order chi connectivity index (χ0) is 50.2. The summed E-state index contributed by atoms with van der Waals surface area (Å²) in [6, 6.07) is 0. The van der Waals surface area contributed by atoms with Crippen LogP contribution in [0.15, 0.2) is 35.5 Å². The highest BCUT2D eigenvalue weighted by atomic mass is 16.4. The first-order chi connectivity index (χ1) is 31.1. The molecule has 0 bridgehead atoms. The lowest BCUT2D eigenvalue weighted by atomic mass is 9.33. The molecule has 17 atom stereocenters. The Morgan fingerprint density at radius 3 is 1.43 bits per heavy atom. The van der Waals surface area contributed by atoms with Gasteiger partial charge in [-0.1, -0.05) is 100 Å². The summed E-state index contributed by atoms with van der Waals surface area (Å²) in [6.07, 6.45) is 22.0. The maximum Gasteiger partial charge on any atom is 0.309 e. The van der Waals surface area contributed by atoms with Crippen LogP contribution in [0, 0.1) is 100 Å². The molecule has 0 heterocycles. The van der Waals surface area contributed by atoms with Crippen molar-refractivity contribution in [2.75, 3.05) is 0 Å². The predicted octanol–water partition coefficient (Wildman–Crippen LogP) is 12.8. The number of hydrogen-bond donors (Lipinski definition) is 3. The minimum atomic E-state index is -0.732. The molecule has 7 fully saturated rings. The number of carboxylic acids is 2. The van der Waals surface area contributed by atoms with Gasteiger partial charge in [0.15, 0.2) is 17.3 Å². The van der Waals surface area contributed by atoms with Crippen LogP contribution < -0.4 is 0 Å². The van der Waals surface area contributed by atoms with E-state index in [2.05, 4.69) is 89.2 Å². The normalized spacial score (nSPS) is 52.8. The first-order valence-corrected chi connectivity index (χ1v) is 27.0. The third-order valence-electron chi connectivity index (χ3n) is 25.4. The molecular weight excluding hydrogens is 849 g/mol. The van der Waals surface area contributed by atoms with Gasteiger partial charge in [-0.25, -0.2) is 0 Å². The van der Waals surface area contributed by atoms with Crippen LogP contribution in [0.3, 0.4) is 0 Å². The number of aliphatic hydroxyl groups is 1. The van der Waals surface area contributed by atoms with E-state index in [1.165, 1.54) is 11.1 Å². The van der Waals surface area contributed by atoms with Crippen molar-refractivity contribution < 1.29 is 39.3 Å². The summed E-state index contributed by atoms with van der Waals surface area (Å²) < 4.78 is 0. The second-order valence-electron chi connectivity index (χ2n) is 29.3. The Hall–Kier alpha value is -2.87.